The minimum Gasteiger partial charge on any atom is -0.341 e. The zero-order valence-electron chi connectivity index (χ0n) is 18.3. The number of para-hydroxylation sites is 1. The Bertz CT molecular complexity index is 1100. The quantitative estimate of drug-likeness (QED) is 0.464. The number of fused-ring (bicyclic) bond motifs is 1. The molecule has 1 atom stereocenters. The first-order valence-electron chi connectivity index (χ1n) is 11.2. The van der Waals surface area contributed by atoms with Crippen molar-refractivity contribution in [1.82, 2.24) is 5.32 Å². The molecule has 0 saturated heterocycles. The molecule has 32 heavy (non-hydrogen) atoms. The van der Waals surface area contributed by atoms with Gasteiger partial charge >= 0.3 is 11.8 Å². The molecule has 0 aliphatic heterocycles. The van der Waals surface area contributed by atoms with E-state index in [9.17, 15) is 9.59 Å². The number of amides is 2. The van der Waals surface area contributed by atoms with Crippen molar-refractivity contribution in [3.63, 3.8) is 0 Å². The zero-order valence-corrected chi connectivity index (χ0v) is 19.1. The van der Waals surface area contributed by atoms with E-state index in [0.29, 0.717) is 5.69 Å². The van der Waals surface area contributed by atoms with Crippen molar-refractivity contribution >= 4 is 29.3 Å². The van der Waals surface area contributed by atoms with E-state index in [1.165, 1.54) is 24.0 Å². The molecular formula is C27H28N2O2S. The predicted octanol–water partition coefficient (Wildman–Crippen LogP) is 5.92. The van der Waals surface area contributed by atoms with Crippen LogP contribution in [0, 0.1) is 0 Å². The molecule has 5 heteroatoms. The van der Waals surface area contributed by atoms with Gasteiger partial charge in [0, 0.05) is 9.79 Å². The first-order chi connectivity index (χ1) is 15.6. The van der Waals surface area contributed by atoms with Crippen LogP contribution in [0.15, 0.2) is 82.6 Å². The highest BCUT2D eigenvalue weighted by Crippen LogP contribution is 2.33. The molecule has 3 aromatic carbocycles. The summed E-state index contributed by atoms with van der Waals surface area (Å²) in [6, 6.07) is 23.7. The van der Waals surface area contributed by atoms with Crippen molar-refractivity contribution < 1.29 is 9.59 Å². The van der Waals surface area contributed by atoms with Crippen LogP contribution in [-0.2, 0) is 22.4 Å². The van der Waals surface area contributed by atoms with Gasteiger partial charge in [0.05, 0.1) is 11.7 Å². The van der Waals surface area contributed by atoms with Crippen LogP contribution in [0.1, 0.15) is 48.9 Å². The first-order valence-corrected chi connectivity index (χ1v) is 12.0. The second-order valence-electron chi connectivity index (χ2n) is 8.03. The molecule has 0 fully saturated rings. The van der Waals surface area contributed by atoms with Crippen LogP contribution in [-0.4, -0.2) is 11.8 Å². The average molecular weight is 445 g/mol. The fourth-order valence-corrected chi connectivity index (χ4v) is 4.99. The monoisotopic (exact) mass is 444 g/mol. The number of hydrogen-bond acceptors (Lipinski definition) is 3. The highest BCUT2D eigenvalue weighted by atomic mass is 32.2. The van der Waals surface area contributed by atoms with Crippen molar-refractivity contribution in [2.24, 2.45) is 0 Å². The molecule has 2 N–H and O–H groups in total. The van der Waals surface area contributed by atoms with Crippen LogP contribution in [0.25, 0.3) is 0 Å². The summed E-state index contributed by atoms with van der Waals surface area (Å²) in [5.74, 6) is -1.27. The molecule has 0 saturated carbocycles. The smallest absolute Gasteiger partial charge is 0.313 e. The Kier molecular flexibility index (Phi) is 7.28. The van der Waals surface area contributed by atoms with Gasteiger partial charge in [-0.1, -0.05) is 67.2 Å². The van der Waals surface area contributed by atoms with Crippen LogP contribution >= 0.6 is 11.8 Å². The van der Waals surface area contributed by atoms with E-state index < -0.39 is 11.8 Å². The maximum atomic E-state index is 12.7. The molecule has 4 nitrogen and oxygen atoms in total. The minimum atomic E-state index is -0.650. The van der Waals surface area contributed by atoms with Gasteiger partial charge in [0.25, 0.3) is 0 Å². The van der Waals surface area contributed by atoms with Gasteiger partial charge in [-0.25, -0.2) is 0 Å². The normalized spacial score (nSPS) is 13.7. The topological polar surface area (TPSA) is 58.2 Å². The van der Waals surface area contributed by atoms with Crippen LogP contribution in [0.2, 0.25) is 0 Å². The Labute approximate surface area is 193 Å². The summed E-state index contributed by atoms with van der Waals surface area (Å²) in [6.45, 7) is 2.02. The van der Waals surface area contributed by atoms with Gasteiger partial charge in [-0.05, 0) is 73.1 Å². The third-order valence-electron chi connectivity index (χ3n) is 5.80. The van der Waals surface area contributed by atoms with Gasteiger partial charge in [-0.15, -0.1) is 0 Å². The van der Waals surface area contributed by atoms with E-state index in [1.807, 2.05) is 61.5 Å². The van der Waals surface area contributed by atoms with Gasteiger partial charge in [-0.2, -0.15) is 0 Å². The van der Waals surface area contributed by atoms with Crippen molar-refractivity contribution in [2.75, 3.05) is 5.32 Å². The highest BCUT2D eigenvalue weighted by Gasteiger charge is 2.21. The second-order valence-corrected chi connectivity index (χ2v) is 9.15. The molecule has 1 aliphatic carbocycles. The Morgan fingerprint density at radius 1 is 0.875 bits per heavy atom. The van der Waals surface area contributed by atoms with Crippen molar-refractivity contribution in [3.8, 4) is 0 Å². The van der Waals surface area contributed by atoms with Crippen LogP contribution in [0.5, 0.6) is 0 Å². The maximum absolute atomic E-state index is 12.7. The van der Waals surface area contributed by atoms with Gasteiger partial charge in [0.1, 0.15) is 0 Å². The fourth-order valence-electron chi connectivity index (χ4n) is 4.07. The lowest BCUT2D eigenvalue weighted by molar-refractivity contribution is -0.136. The summed E-state index contributed by atoms with van der Waals surface area (Å²) < 4.78 is 0. The van der Waals surface area contributed by atoms with Crippen molar-refractivity contribution in [1.29, 1.82) is 0 Å². The lowest BCUT2D eigenvalue weighted by atomic mass is 9.89. The van der Waals surface area contributed by atoms with Crippen LogP contribution in [0.3, 0.4) is 0 Å². The molecule has 0 heterocycles. The number of anilines is 1. The summed E-state index contributed by atoms with van der Waals surface area (Å²) in [4.78, 5) is 27.4. The average Bonchev–Trinajstić information content (AvgIpc) is 2.84. The van der Waals surface area contributed by atoms with E-state index >= 15 is 0 Å². The number of aryl methyl sites for hydroxylation is 2. The minimum absolute atomic E-state index is 0.186. The molecule has 0 bridgehead atoms. The Morgan fingerprint density at radius 3 is 2.38 bits per heavy atom. The molecule has 0 aromatic heterocycles. The maximum Gasteiger partial charge on any atom is 0.313 e. The largest absolute Gasteiger partial charge is 0.341 e. The molecule has 3 aromatic rings. The molecule has 4 rings (SSSR count). The zero-order chi connectivity index (χ0) is 22.3. The summed E-state index contributed by atoms with van der Waals surface area (Å²) in [5, 5.41) is 5.71. The number of hydrogen-bond donors (Lipinski definition) is 2. The fraction of sp³-hybridized carbons (Fsp3) is 0.259. The first kappa shape index (κ1) is 22.2. The lowest BCUT2D eigenvalue weighted by Gasteiger charge is -2.21. The molecular weight excluding hydrogens is 416 g/mol. The summed E-state index contributed by atoms with van der Waals surface area (Å²) in [7, 11) is 0. The third-order valence-corrected chi connectivity index (χ3v) is 6.88. The molecule has 0 radical (unpaired) electrons. The summed E-state index contributed by atoms with van der Waals surface area (Å²) >= 11 is 1.55. The standard InChI is InChI=1S/C27H28N2O2S/c1-2-23(21-17-16-19-10-6-7-11-20(19)18-21)28-26(30)27(31)29-24-14-8-9-15-25(24)32-22-12-4-3-5-13-22/h3-5,8-9,12-18,23H,2,6-7,10-11H2,1H3,(H,28,30)(H,29,31). The number of nitrogens with one attached hydrogen (secondary N) is 2. The van der Waals surface area contributed by atoms with E-state index in [4.69, 9.17) is 0 Å². The van der Waals surface area contributed by atoms with E-state index in [2.05, 4.69) is 28.8 Å². The van der Waals surface area contributed by atoms with Gasteiger partial charge in [0.2, 0.25) is 0 Å². The highest BCUT2D eigenvalue weighted by molar-refractivity contribution is 7.99. The number of benzene rings is 3. The van der Waals surface area contributed by atoms with Gasteiger partial charge in [-0.3, -0.25) is 9.59 Å². The number of carbonyl (C=O) groups is 2. The summed E-state index contributed by atoms with van der Waals surface area (Å²) in [5.41, 5.74) is 4.47. The Hall–Kier alpha value is -3.05. The van der Waals surface area contributed by atoms with Crippen molar-refractivity contribution in [2.45, 2.75) is 54.9 Å². The Morgan fingerprint density at radius 2 is 1.59 bits per heavy atom. The number of carbonyl (C=O) groups excluding carboxylic acids is 2. The SMILES string of the molecule is CCC(NC(=O)C(=O)Nc1ccccc1Sc1ccccc1)c1ccc2c(c1)CCCC2. The Balaban J connectivity index is 1.43. The van der Waals surface area contributed by atoms with E-state index in [-0.39, 0.29) is 6.04 Å². The molecule has 0 spiro atoms. The molecule has 1 unspecified atom stereocenters. The molecule has 1 aliphatic rings. The molecule has 2 amide bonds. The predicted molar refractivity (Wildman–Crippen MR) is 130 cm³/mol. The van der Waals surface area contributed by atoms with Gasteiger partial charge < -0.3 is 10.6 Å². The lowest BCUT2D eigenvalue weighted by Crippen LogP contribution is -2.37. The van der Waals surface area contributed by atoms with Crippen LogP contribution < -0.4 is 10.6 Å². The van der Waals surface area contributed by atoms with E-state index in [0.717, 1.165) is 34.6 Å². The van der Waals surface area contributed by atoms with E-state index in [1.54, 1.807) is 11.8 Å². The third kappa shape index (κ3) is 5.40. The summed E-state index contributed by atoms with van der Waals surface area (Å²) in [6.07, 6.45) is 5.39. The molecule has 164 valence electrons. The number of rotatable bonds is 6. The van der Waals surface area contributed by atoms with Crippen molar-refractivity contribution in [3.05, 3.63) is 89.5 Å². The van der Waals surface area contributed by atoms with Crippen LogP contribution in [0.4, 0.5) is 5.69 Å². The van der Waals surface area contributed by atoms with Gasteiger partial charge in [0.15, 0.2) is 0 Å². The second kappa shape index (κ2) is 10.5.